The second-order valence-corrected chi connectivity index (χ2v) is 6.15. The van der Waals surface area contributed by atoms with Gasteiger partial charge >= 0.3 is 5.97 Å². The summed E-state index contributed by atoms with van der Waals surface area (Å²) in [6, 6.07) is 0.371. The van der Waals surface area contributed by atoms with Crippen molar-refractivity contribution in [3.05, 3.63) is 10.4 Å². The predicted molar refractivity (Wildman–Crippen MR) is 80.5 cm³/mol. The largest absolute Gasteiger partial charge is 0.465 e. The first kappa shape index (κ1) is 14.8. The van der Waals surface area contributed by atoms with Gasteiger partial charge in [-0.1, -0.05) is 13.3 Å². The van der Waals surface area contributed by atoms with Crippen LogP contribution in [0.2, 0.25) is 0 Å². The number of ether oxygens (including phenoxy) is 1. The second kappa shape index (κ2) is 5.83. The number of carbonyl (C=O) groups excluding carboxylic acids is 2. The number of Topliss-reactive ketones (excluding diaryl/α,β-unsaturated/α-hetero) is 1. The minimum Gasteiger partial charge on any atom is -0.465 e. The summed E-state index contributed by atoms with van der Waals surface area (Å²) in [6.07, 6.45) is 3.42. The standard InChI is InChI=1S/C14H20N2O3S/c1-4-5-8-6-9(8)16-13-10(14(18)19-3)11(15)12(20-13)7(2)17/h8-9,16H,4-6,15H2,1-3H3. The molecule has 0 radical (unpaired) electrons. The summed E-state index contributed by atoms with van der Waals surface area (Å²) in [6.45, 7) is 3.61. The summed E-state index contributed by atoms with van der Waals surface area (Å²) in [7, 11) is 1.31. The Hall–Kier alpha value is -1.56. The van der Waals surface area contributed by atoms with Crippen LogP contribution >= 0.6 is 11.3 Å². The number of rotatable bonds is 6. The second-order valence-electron chi connectivity index (χ2n) is 5.13. The number of carbonyl (C=O) groups is 2. The van der Waals surface area contributed by atoms with Crippen LogP contribution in [0.1, 0.15) is 53.1 Å². The maximum Gasteiger partial charge on any atom is 0.343 e. The maximum absolute atomic E-state index is 11.9. The molecule has 3 N–H and O–H groups in total. The molecule has 1 fully saturated rings. The van der Waals surface area contributed by atoms with E-state index in [0.29, 0.717) is 27.4 Å². The van der Waals surface area contributed by atoms with E-state index >= 15 is 0 Å². The zero-order chi connectivity index (χ0) is 14.9. The first-order valence-corrected chi connectivity index (χ1v) is 7.59. The highest BCUT2D eigenvalue weighted by Gasteiger charge is 2.38. The minimum absolute atomic E-state index is 0.133. The van der Waals surface area contributed by atoms with E-state index in [0.717, 1.165) is 12.8 Å². The normalized spacial score (nSPS) is 20.6. The molecule has 2 atom stereocenters. The van der Waals surface area contributed by atoms with Crippen molar-refractivity contribution in [3.63, 3.8) is 0 Å². The first-order chi connectivity index (χ1) is 9.49. The molecule has 2 rings (SSSR count). The number of hydrogen-bond acceptors (Lipinski definition) is 6. The molecular formula is C14H20N2O3S. The third kappa shape index (κ3) is 2.80. The van der Waals surface area contributed by atoms with Crippen molar-refractivity contribution in [1.29, 1.82) is 0 Å². The van der Waals surface area contributed by atoms with E-state index < -0.39 is 5.97 Å². The molecule has 1 aromatic rings. The molecule has 1 aliphatic carbocycles. The Balaban J connectivity index is 2.25. The average molecular weight is 296 g/mol. The zero-order valence-electron chi connectivity index (χ0n) is 12.0. The summed E-state index contributed by atoms with van der Waals surface area (Å²) >= 11 is 1.24. The van der Waals surface area contributed by atoms with Crippen molar-refractivity contribution in [1.82, 2.24) is 0 Å². The van der Waals surface area contributed by atoms with E-state index in [-0.39, 0.29) is 11.5 Å². The van der Waals surface area contributed by atoms with Crippen molar-refractivity contribution >= 4 is 33.8 Å². The molecule has 1 saturated carbocycles. The predicted octanol–water partition coefficient (Wildman–Crippen LogP) is 2.92. The highest BCUT2D eigenvalue weighted by atomic mass is 32.1. The van der Waals surface area contributed by atoms with Crippen molar-refractivity contribution in [2.45, 2.75) is 39.2 Å². The van der Waals surface area contributed by atoms with Crippen LogP contribution in [-0.2, 0) is 4.74 Å². The lowest BCUT2D eigenvalue weighted by Crippen LogP contribution is -2.10. The van der Waals surface area contributed by atoms with E-state index in [9.17, 15) is 9.59 Å². The van der Waals surface area contributed by atoms with Crippen molar-refractivity contribution in [2.75, 3.05) is 18.2 Å². The van der Waals surface area contributed by atoms with Crippen LogP contribution in [0.3, 0.4) is 0 Å². The molecular weight excluding hydrogens is 276 g/mol. The van der Waals surface area contributed by atoms with Gasteiger partial charge in [0.05, 0.1) is 17.7 Å². The smallest absolute Gasteiger partial charge is 0.343 e. The van der Waals surface area contributed by atoms with Crippen molar-refractivity contribution < 1.29 is 14.3 Å². The van der Waals surface area contributed by atoms with Gasteiger partial charge in [-0.3, -0.25) is 4.79 Å². The van der Waals surface area contributed by atoms with Gasteiger partial charge in [0.25, 0.3) is 0 Å². The van der Waals surface area contributed by atoms with Gasteiger partial charge in [-0.2, -0.15) is 0 Å². The zero-order valence-corrected chi connectivity index (χ0v) is 12.8. The number of hydrogen-bond donors (Lipinski definition) is 2. The summed E-state index contributed by atoms with van der Waals surface area (Å²) in [4.78, 5) is 23.8. The Morgan fingerprint density at radius 3 is 2.75 bits per heavy atom. The van der Waals surface area contributed by atoms with Crippen LogP contribution in [-0.4, -0.2) is 24.9 Å². The highest BCUT2D eigenvalue weighted by Crippen LogP contribution is 2.42. The number of esters is 1. The molecule has 0 bridgehead atoms. The van der Waals surface area contributed by atoms with Crippen molar-refractivity contribution in [3.8, 4) is 0 Å². The van der Waals surface area contributed by atoms with E-state index in [4.69, 9.17) is 10.5 Å². The molecule has 1 aliphatic rings. The summed E-state index contributed by atoms with van der Waals surface area (Å²) in [5.74, 6) is 0.0163. The lowest BCUT2D eigenvalue weighted by molar-refractivity contribution is 0.0603. The quantitative estimate of drug-likeness (QED) is 0.623. The Morgan fingerprint density at radius 2 is 2.20 bits per heavy atom. The number of ketones is 1. The molecule has 20 heavy (non-hydrogen) atoms. The van der Waals surface area contributed by atoms with Crippen molar-refractivity contribution in [2.24, 2.45) is 5.92 Å². The summed E-state index contributed by atoms with van der Waals surface area (Å²) < 4.78 is 4.76. The average Bonchev–Trinajstić information content (AvgIpc) is 3.03. The van der Waals surface area contributed by atoms with Crippen LogP contribution in [0, 0.1) is 5.92 Å². The molecule has 0 saturated heterocycles. The van der Waals surface area contributed by atoms with Crippen LogP contribution in [0.4, 0.5) is 10.7 Å². The summed E-state index contributed by atoms with van der Waals surface area (Å²) in [5, 5.41) is 3.99. The van der Waals surface area contributed by atoms with Gasteiger partial charge < -0.3 is 15.8 Å². The van der Waals surface area contributed by atoms with Gasteiger partial charge in [0.1, 0.15) is 10.6 Å². The van der Waals surface area contributed by atoms with E-state index in [1.54, 1.807) is 0 Å². The fraction of sp³-hybridized carbons (Fsp3) is 0.571. The topological polar surface area (TPSA) is 81.4 Å². The van der Waals surface area contributed by atoms with E-state index in [2.05, 4.69) is 12.2 Å². The van der Waals surface area contributed by atoms with Gasteiger partial charge in [-0.15, -0.1) is 11.3 Å². The molecule has 5 nitrogen and oxygen atoms in total. The molecule has 2 unspecified atom stereocenters. The van der Waals surface area contributed by atoms with Crippen LogP contribution in [0.15, 0.2) is 0 Å². The third-order valence-corrected chi connectivity index (χ3v) is 4.79. The number of nitrogen functional groups attached to an aromatic ring is 1. The molecule has 0 aromatic carbocycles. The first-order valence-electron chi connectivity index (χ1n) is 6.77. The van der Waals surface area contributed by atoms with Gasteiger partial charge in [0.2, 0.25) is 0 Å². The van der Waals surface area contributed by atoms with E-state index in [1.165, 1.54) is 31.8 Å². The van der Waals surface area contributed by atoms with E-state index in [1.807, 2.05) is 0 Å². The number of nitrogens with two attached hydrogens (primary N) is 1. The Labute approximate surface area is 122 Å². The number of nitrogens with one attached hydrogen (secondary N) is 1. The van der Waals surface area contributed by atoms with Gasteiger partial charge in [-0.05, 0) is 18.8 Å². The lowest BCUT2D eigenvalue weighted by atomic mass is 10.2. The maximum atomic E-state index is 11.9. The van der Waals surface area contributed by atoms with Gasteiger partial charge in [-0.25, -0.2) is 4.79 Å². The molecule has 0 amide bonds. The van der Waals surface area contributed by atoms with Gasteiger partial charge in [0.15, 0.2) is 5.78 Å². The molecule has 0 spiro atoms. The number of methoxy groups -OCH3 is 1. The number of anilines is 2. The van der Waals surface area contributed by atoms with Crippen LogP contribution in [0.5, 0.6) is 0 Å². The third-order valence-electron chi connectivity index (χ3n) is 3.55. The summed E-state index contributed by atoms with van der Waals surface area (Å²) in [5.41, 5.74) is 6.44. The molecule has 1 aromatic heterocycles. The Morgan fingerprint density at radius 1 is 1.50 bits per heavy atom. The minimum atomic E-state index is -0.499. The molecule has 6 heteroatoms. The Bertz CT molecular complexity index is 539. The number of thiophene rings is 1. The van der Waals surface area contributed by atoms with Crippen LogP contribution in [0.25, 0.3) is 0 Å². The molecule has 1 heterocycles. The monoisotopic (exact) mass is 296 g/mol. The van der Waals surface area contributed by atoms with Crippen LogP contribution < -0.4 is 11.1 Å². The molecule has 0 aliphatic heterocycles. The SMILES string of the molecule is CCCC1CC1Nc1sc(C(C)=O)c(N)c1C(=O)OC. The Kier molecular flexibility index (Phi) is 4.32. The highest BCUT2D eigenvalue weighted by molar-refractivity contribution is 7.19. The molecule has 110 valence electrons. The fourth-order valence-electron chi connectivity index (χ4n) is 2.39. The lowest BCUT2D eigenvalue weighted by Gasteiger charge is -2.06. The van der Waals surface area contributed by atoms with Gasteiger partial charge in [0, 0.05) is 13.0 Å². The fourth-order valence-corrected chi connectivity index (χ4v) is 3.46.